The van der Waals surface area contributed by atoms with E-state index in [1.807, 2.05) is 12.1 Å². The van der Waals surface area contributed by atoms with Crippen molar-refractivity contribution in [2.45, 2.75) is 13.3 Å². The van der Waals surface area contributed by atoms with E-state index in [2.05, 4.69) is 51.3 Å². The molecule has 6 nitrogen and oxygen atoms in total. The first-order valence-corrected chi connectivity index (χ1v) is 12.1. The van der Waals surface area contributed by atoms with Crippen LogP contribution in [-0.4, -0.2) is 57.1 Å². The quantitative estimate of drug-likeness (QED) is 0.619. The van der Waals surface area contributed by atoms with Crippen molar-refractivity contribution in [3.05, 3.63) is 64.1 Å². The highest BCUT2D eigenvalue weighted by atomic mass is 79.9. The van der Waals surface area contributed by atoms with Gasteiger partial charge in [0.25, 0.3) is 5.91 Å². The van der Waals surface area contributed by atoms with E-state index in [1.165, 1.54) is 5.56 Å². The molecule has 8 heteroatoms. The van der Waals surface area contributed by atoms with Crippen molar-refractivity contribution < 1.29 is 13.2 Å². The first-order valence-electron chi connectivity index (χ1n) is 9.69. The molecule has 0 saturated carbocycles. The van der Waals surface area contributed by atoms with Gasteiger partial charge in [-0.05, 0) is 59.1 Å². The Balaban J connectivity index is 1.44. The number of hydrogen-bond donors (Lipinski definition) is 1. The predicted octanol–water partition coefficient (Wildman–Crippen LogP) is 3.03. The molecule has 2 aromatic carbocycles. The molecule has 0 radical (unpaired) electrons. The lowest BCUT2D eigenvalue weighted by Gasteiger charge is -2.35. The lowest BCUT2D eigenvalue weighted by molar-refractivity contribution is 0.0953. The van der Waals surface area contributed by atoms with Crippen molar-refractivity contribution in [3.8, 4) is 0 Å². The number of piperazine rings is 1. The second-order valence-corrected chi connectivity index (χ2v) is 10.1. The zero-order valence-electron chi connectivity index (χ0n) is 16.5. The number of halogens is 1. The van der Waals surface area contributed by atoms with Gasteiger partial charge in [-0.25, -0.2) is 8.42 Å². The Hall–Kier alpha value is -1.90. The van der Waals surface area contributed by atoms with Crippen molar-refractivity contribution in [3.63, 3.8) is 0 Å². The smallest absolute Gasteiger partial charge is 0.252 e. The number of amides is 1. The molecule has 0 bridgehead atoms. The van der Waals surface area contributed by atoms with E-state index >= 15 is 0 Å². The van der Waals surface area contributed by atoms with Crippen molar-refractivity contribution in [1.29, 1.82) is 0 Å². The van der Waals surface area contributed by atoms with Crippen molar-refractivity contribution in [2.75, 3.05) is 43.4 Å². The summed E-state index contributed by atoms with van der Waals surface area (Å²) in [6.45, 7) is 4.71. The highest BCUT2D eigenvalue weighted by molar-refractivity contribution is 9.10. The summed E-state index contributed by atoms with van der Waals surface area (Å²) in [6.07, 6.45) is 0.386. The minimum atomic E-state index is -3.32. The second kappa shape index (κ2) is 9.73. The molecule has 156 valence electrons. The molecule has 1 aliphatic rings. The summed E-state index contributed by atoms with van der Waals surface area (Å²) >= 11 is 3.35. The molecular weight excluding hydrogens is 454 g/mol. The van der Waals surface area contributed by atoms with Gasteiger partial charge in [0.15, 0.2) is 0 Å². The Morgan fingerprint density at radius 1 is 1.07 bits per heavy atom. The Kier molecular flexibility index (Phi) is 7.32. The van der Waals surface area contributed by atoms with Gasteiger partial charge in [-0.15, -0.1) is 0 Å². The Morgan fingerprint density at radius 2 is 1.79 bits per heavy atom. The molecule has 0 spiro atoms. The Labute approximate surface area is 181 Å². The van der Waals surface area contributed by atoms with E-state index in [0.717, 1.165) is 10.2 Å². The minimum Gasteiger partial charge on any atom is -0.369 e. The predicted molar refractivity (Wildman–Crippen MR) is 120 cm³/mol. The number of benzene rings is 2. The lowest BCUT2D eigenvalue weighted by Crippen LogP contribution is -2.49. The van der Waals surface area contributed by atoms with Gasteiger partial charge in [-0.3, -0.25) is 4.79 Å². The van der Waals surface area contributed by atoms with Crippen molar-refractivity contribution in [2.24, 2.45) is 0 Å². The fourth-order valence-electron chi connectivity index (χ4n) is 3.38. The van der Waals surface area contributed by atoms with Crippen LogP contribution in [0.4, 0.5) is 5.69 Å². The van der Waals surface area contributed by atoms with Crippen LogP contribution in [0.2, 0.25) is 0 Å². The van der Waals surface area contributed by atoms with Gasteiger partial charge in [0.1, 0.15) is 0 Å². The van der Waals surface area contributed by atoms with Gasteiger partial charge in [0, 0.05) is 42.9 Å². The van der Waals surface area contributed by atoms with Crippen LogP contribution in [0.15, 0.2) is 53.0 Å². The van der Waals surface area contributed by atoms with Crippen LogP contribution in [0.5, 0.6) is 0 Å². The van der Waals surface area contributed by atoms with E-state index < -0.39 is 10.0 Å². The van der Waals surface area contributed by atoms with Gasteiger partial charge in [-0.2, -0.15) is 4.31 Å². The fourth-order valence-corrected chi connectivity index (χ4v) is 5.33. The molecule has 1 saturated heterocycles. The average molecular weight is 480 g/mol. The molecular formula is C21H26BrN3O3S. The number of hydrogen-bond acceptors (Lipinski definition) is 4. The summed E-state index contributed by atoms with van der Waals surface area (Å²) in [4.78, 5) is 14.4. The average Bonchev–Trinajstić information content (AvgIpc) is 2.71. The van der Waals surface area contributed by atoms with E-state index in [0.29, 0.717) is 44.7 Å². The topological polar surface area (TPSA) is 69.7 Å². The van der Waals surface area contributed by atoms with Gasteiger partial charge in [-0.1, -0.05) is 24.3 Å². The van der Waals surface area contributed by atoms with Crippen LogP contribution in [0.1, 0.15) is 22.3 Å². The summed E-state index contributed by atoms with van der Waals surface area (Å²) < 4.78 is 27.6. The number of sulfonamides is 1. The molecule has 0 aliphatic carbocycles. The van der Waals surface area contributed by atoms with Gasteiger partial charge in [0.2, 0.25) is 10.0 Å². The van der Waals surface area contributed by atoms with Crippen LogP contribution < -0.4 is 10.2 Å². The summed E-state index contributed by atoms with van der Waals surface area (Å²) in [5.41, 5.74) is 2.88. The number of nitrogens with zero attached hydrogens (tertiary/aromatic N) is 2. The molecule has 1 heterocycles. The number of nitrogens with one attached hydrogen (secondary N) is 1. The SMILES string of the molecule is Cc1cccc(N2CCN(S(=O)(=O)CCCNC(=O)c3ccccc3Br)CC2)c1. The third kappa shape index (κ3) is 5.81. The highest BCUT2D eigenvalue weighted by Crippen LogP contribution is 2.19. The Bertz CT molecular complexity index is 957. The molecule has 3 rings (SSSR count). The number of carbonyl (C=O) groups is 1. The van der Waals surface area contributed by atoms with Crippen molar-refractivity contribution >= 4 is 37.5 Å². The van der Waals surface area contributed by atoms with Crippen LogP contribution >= 0.6 is 15.9 Å². The summed E-state index contributed by atoms with van der Waals surface area (Å²) in [5, 5.41) is 2.79. The highest BCUT2D eigenvalue weighted by Gasteiger charge is 2.26. The monoisotopic (exact) mass is 479 g/mol. The third-order valence-corrected chi connectivity index (χ3v) is 7.63. The van der Waals surface area contributed by atoms with Gasteiger partial charge >= 0.3 is 0 Å². The first kappa shape index (κ1) is 21.8. The molecule has 1 amide bonds. The van der Waals surface area contributed by atoms with Crippen LogP contribution in [-0.2, 0) is 10.0 Å². The summed E-state index contributed by atoms with van der Waals surface area (Å²) in [6, 6.07) is 15.4. The molecule has 0 atom stereocenters. The summed E-state index contributed by atoms with van der Waals surface area (Å²) in [7, 11) is -3.32. The molecule has 0 unspecified atom stereocenters. The standard InChI is InChI=1S/C21H26BrN3O3S/c1-17-6-4-7-18(16-17)24-11-13-25(14-12-24)29(27,28)15-5-10-23-21(26)19-8-2-3-9-20(19)22/h2-4,6-9,16H,5,10-15H2,1H3,(H,23,26). The largest absolute Gasteiger partial charge is 0.369 e. The number of rotatable bonds is 7. The molecule has 1 aliphatic heterocycles. The molecule has 2 aromatic rings. The van der Waals surface area contributed by atoms with E-state index in [-0.39, 0.29) is 11.7 Å². The third-order valence-electron chi connectivity index (χ3n) is 4.98. The van der Waals surface area contributed by atoms with E-state index in [1.54, 1.807) is 22.5 Å². The molecule has 0 aromatic heterocycles. The maximum Gasteiger partial charge on any atom is 0.252 e. The zero-order chi connectivity index (χ0) is 20.9. The van der Waals surface area contributed by atoms with Gasteiger partial charge in [0.05, 0.1) is 11.3 Å². The van der Waals surface area contributed by atoms with E-state index in [9.17, 15) is 13.2 Å². The first-order chi connectivity index (χ1) is 13.9. The van der Waals surface area contributed by atoms with E-state index in [4.69, 9.17) is 0 Å². The lowest BCUT2D eigenvalue weighted by atomic mass is 10.2. The maximum absolute atomic E-state index is 12.6. The van der Waals surface area contributed by atoms with Crippen LogP contribution in [0.3, 0.4) is 0 Å². The normalized spacial score (nSPS) is 15.3. The molecule has 29 heavy (non-hydrogen) atoms. The molecule has 1 fully saturated rings. The van der Waals surface area contributed by atoms with Crippen molar-refractivity contribution in [1.82, 2.24) is 9.62 Å². The number of carbonyl (C=O) groups excluding carboxylic acids is 1. The zero-order valence-corrected chi connectivity index (χ0v) is 18.9. The molecule has 1 N–H and O–H groups in total. The number of anilines is 1. The summed E-state index contributed by atoms with van der Waals surface area (Å²) in [5.74, 6) is -0.171. The number of aryl methyl sites for hydroxylation is 1. The van der Waals surface area contributed by atoms with Gasteiger partial charge < -0.3 is 10.2 Å². The van der Waals surface area contributed by atoms with Crippen LogP contribution in [0, 0.1) is 6.92 Å². The Morgan fingerprint density at radius 3 is 2.48 bits per heavy atom. The second-order valence-electron chi connectivity index (χ2n) is 7.13. The van der Waals surface area contributed by atoms with Crippen LogP contribution in [0.25, 0.3) is 0 Å². The fraction of sp³-hybridized carbons (Fsp3) is 0.381. The maximum atomic E-state index is 12.6. The minimum absolute atomic E-state index is 0.0354.